The van der Waals surface area contributed by atoms with Gasteiger partial charge in [-0.25, -0.2) is 9.78 Å². The lowest BCUT2D eigenvalue weighted by atomic mass is 10.1. The number of fused-ring (bicyclic) bond motifs is 1. The van der Waals surface area contributed by atoms with Gasteiger partial charge >= 0.3 is 6.03 Å². The van der Waals surface area contributed by atoms with Gasteiger partial charge in [0.2, 0.25) is 0 Å². The molecule has 0 spiro atoms. The summed E-state index contributed by atoms with van der Waals surface area (Å²) in [6, 6.07) is 10.1. The summed E-state index contributed by atoms with van der Waals surface area (Å²) >= 11 is 0. The average Bonchev–Trinajstić information content (AvgIpc) is 2.43. The van der Waals surface area contributed by atoms with E-state index in [0.29, 0.717) is 13.1 Å². The van der Waals surface area contributed by atoms with Gasteiger partial charge in [-0.2, -0.15) is 0 Å². The van der Waals surface area contributed by atoms with E-state index in [0.717, 1.165) is 22.3 Å². The number of amides is 2. The molecule has 1 heterocycles. The third-order valence-electron chi connectivity index (χ3n) is 3.01. The second kappa shape index (κ2) is 6.23. The molecule has 0 atom stereocenters. The topological polar surface area (TPSA) is 57.3 Å². The highest BCUT2D eigenvalue weighted by molar-refractivity contribution is 5.81. The lowest BCUT2D eigenvalue weighted by molar-refractivity contribution is 0.218. The summed E-state index contributed by atoms with van der Waals surface area (Å²) in [4.78, 5) is 17.5. The largest absolute Gasteiger partial charge is 0.368 e. The first-order chi connectivity index (χ1) is 9.58. The van der Waals surface area contributed by atoms with Gasteiger partial charge in [0.25, 0.3) is 0 Å². The first kappa shape index (κ1) is 14.1. The minimum atomic E-state index is -0.0880. The zero-order chi connectivity index (χ0) is 14.5. The summed E-state index contributed by atoms with van der Waals surface area (Å²) < 4.78 is 0. The van der Waals surface area contributed by atoms with Gasteiger partial charge in [0, 0.05) is 32.6 Å². The van der Waals surface area contributed by atoms with Gasteiger partial charge < -0.3 is 15.5 Å². The van der Waals surface area contributed by atoms with Crippen LogP contribution in [0.1, 0.15) is 5.56 Å². The van der Waals surface area contributed by atoms with Crippen LogP contribution in [-0.2, 0) is 0 Å². The molecule has 0 unspecified atom stereocenters. The molecule has 5 heteroatoms. The van der Waals surface area contributed by atoms with E-state index in [9.17, 15) is 4.79 Å². The van der Waals surface area contributed by atoms with Gasteiger partial charge in [0.1, 0.15) is 5.82 Å². The Bertz CT molecular complexity index is 610. The summed E-state index contributed by atoms with van der Waals surface area (Å²) in [7, 11) is 3.44. The number of carbonyl (C=O) groups excluding carboxylic acids is 1. The standard InChI is InChI=1S/C15H20N4O/c1-11-10-12-6-4-5-7-13(12)18-14(11)16-8-9-17-15(20)19(2)3/h4-7,10H,8-9H2,1-3H3,(H,16,18)(H,17,20). The maximum absolute atomic E-state index is 11.4. The van der Waals surface area contributed by atoms with Crippen LogP contribution < -0.4 is 10.6 Å². The number of nitrogens with zero attached hydrogens (tertiary/aromatic N) is 2. The monoisotopic (exact) mass is 272 g/mol. The Morgan fingerprint density at radius 2 is 2.00 bits per heavy atom. The minimum Gasteiger partial charge on any atom is -0.368 e. The molecule has 106 valence electrons. The lowest BCUT2D eigenvalue weighted by Crippen LogP contribution is -2.37. The van der Waals surface area contributed by atoms with E-state index in [1.807, 2.05) is 25.1 Å². The van der Waals surface area contributed by atoms with E-state index in [-0.39, 0.29) is 6.03 Å². The van der Waals surface area contributed by atoms with Crippen molar-refractivity contribution in [3.8, 4) is 0 Å². The Morgan fingerprint density at radius 3 is 2.75 bits per heavy atom. The van der Waals surface area contributed by atoms with Crippen molar-refractivity contribution in [1.29, 1.82) is 0 Å². The molecule has 0 aliphatic heterocycles. The molecule has 2 N–H and O–H groups in total. The van der Waals surface area contributed by atoms with E-state index in [1.54, 1.807) is 14.1 Å². The molecule has 0 aliphatic rings. The fourth-order valence-corrected chi connectivity index (χ4v) is 1.91. The molecule has 0 bridgehead atoms. The number of nitrogens with one attached hydrogen (secondary N) is 2. The Balaban J connectivity index is 1.96. The van der Waals surface area contributed by atoms with Crippen LogP contribution in [0.5, 0.6) is 0 Å². The summed E-state index contributed by atoms with van der Waals surface area (Å²) in [5, 5.41) is 7.20. The van der Waals surface area contributed by atoms with Crippen LogP contribution in [0.2, 0.25) is 0 Å². The highest BCUT2D eigenvalue weighted by atomic mass is 16.2. The number of carbonyl (C=O) groups is 1. The Hall–Kier alpha value is -2.30. The molecule has 1 aromatic heterocycles. The molecule has 1 aromatic carbocycles. The van der Waals surface area contributed by atoms with Gasteiger partial charge in [-0.05, 0) is 24.6 Å². The Kier molecular flexibility index (Phi) is 4.40. The highest BCUT2D eigenvalue weighted by Crippen LogP contribution is 2.19. The summed E-state index contributed by atoms with van der Waals surface area (Å²) in [5.74, 6) is 0.864. The summed E-state index contributed by atoms with van der Waals surface area (Å²) in [6.45, 7) is 3.23. The van der Waals surface area contributed by atoms with Crippen LogP contribution >= 0.6 is 0 Å². The number of rotatable bonds is 4. The molecule has 2 aromatic rings. The van der Waals surface area contributed by atoms with Gasteiger partial charge in [0.05, 0.1) is 5.52 Å². The van der Waals surface area contributed by atoms with E-state index in [1.165, 1.54) is 4.90 Å². The zero-order valence-electron chi connectivity index (χ0n) is 12.1. The van der Waals surface area contributed by atoms with Crippen molar-refractivity contribution in [3.05, 3.63) is 35.9 Å². The van der Waals surface area contributed by atoms with Crippen molar-refractivity contribution in [2.45, 2.75) is 6.92 Å². The van der Waals surface area contributed by atoms with Crippen LogP contribution in [0.25, 0.3) is 10.9 Å². The number of benzene rings is 1. The Morgan fingerprint density at radius 1 is 1.25 bits per heavy atom. The van der Waals surface area contributed by atoms with Gasteiger partial charge in [-0.3, -0.25) is 0 Å². The third-order valence-corrected chi connectivity index (χ3v) is 3.01. The SMILES string of the molecule is Cc1cc2ccccc2nc1NCCNC(=O)N(C)C. The quantitative estimate of drug-likeness (QED) is 0.839. The molecular weight excluding hydrogens is 252 g/mol. The molecule has 0 saturated carbocycles. The van der Waals surface area contributed by atoms with Crippen molar-refractivity contribution in [1.82, 2.24) is 15.2 Å². The number of para-hydroxylation sites is 1. The van der Waals surface area contributed by atoms with E-state index in [2.05, 4.69) is 27.8 Å². The number of aryl methyl sites for hydroxylation is 1. The first-order valence-corrected chi connectivity index (χ1v) is 6.63. The predicted molar refractivity (Wildman–Crippen MR) is 82.1 cm³/mol. The smallest absolute Gasteiger partial charge is 0.316 e. The third kappa shape index (κ3) is 3.38. The normalized spacial score (nSPS) is 10.3. The van der Waals surface area contributed by atoms with Crippen molar-refractivity contribution in [3.63, 3.8) is 0 Å². The minimum absolute atomic E-state index is 0.0880. The second-order valence-corrected chi connectivity index (χ2v) is 4.90. The molecule has 5 nitrogen and oxygen atoms in total. The van der Waals surface area contributed by atoms with E-state index >= 15 is 0 Å². The van der Waals surface area contributed by atoms with Gasteiger partial charge in [-0.15, -0.1) is 0 Å². The molecule has 0 aliphatic carbocycles. The lowest BCUT2D eigenvalue weighted by Gasteiger charge is -2.13. The van der Waals surface area contributed by atoms with Crippen LogP contribution in [0.15, 0.2) is 30.3 Å². The van der Waals surface area contributed by atoms with Gasteiger partial charge in [0.15, 0.2) is 0 Å². The van der Waals surface area contributed by atoms with E-state index in [4.69, 9.17) is 0 Å². The average molecular weight is 272 g/mol. The highest BCUT2D eigenvalue weighted by Gasteiger charge is 2.04. The van der Waals surface area contributed by atoms with Crippen LogP contribution in [0, 0.1) is 6.92 Å². The fraction of sp³-hybridized carbons (Fsp3) is 0.333. The van der Waals surface area contributed by atoms with E-state index < -0.39 is 0 Å². The van der Waals surface area contributed by atoms with Crippen molar-refractivity contribution in [2.24, 2.45) is 0 Å². The summed E-state index contributed by atoms with van der Waals surface area (Å²) in [5.41, 5.74) is 2.07. The maximum atomic E-state index is 11.4. The van der Waals surface area contributed by atoms with Crippen molar-refractivity contribution in [2.75, 3.05) is 32.5 Å². The van der Waals surface area contributed by atoms with Crippen molar-refractivity contribution >= 4 is 22.8 Å². The molecule has 2 rings (SSSR count). The first-order valence-electron chi connectivity index (χ1n) is 6.63. The second-order valence-electron chi connectivity index (χ2n) is 4.90. The van der Waals surface area contributed by atoms with Crippen LogP contribution in [0.4, 0.5) is 10.6 Å². The molecule has 0 radical (unpaired) electrons. The maximum Gasteiger partial charge on any atom is 0.316 e. The number of hydrogen-bond acceptors (Lipinski definition) is 3. The molecule has 0 fully saturated rings. The zero-order valence-corrected chi connectivity index (χ0v) is 12.1. The van der Waals surface area contributed by atoms with Crippen LogP contribution in [-0.4, -0.2) is 43.1 Å². The molecule has 20 heavy (non-hydrogen) atoms. The fourth-order valence-electron chi connectivity index (χ4n) is 1.91. The predicted octanol–water partition coefficient (Wildman–Crippen LogP) is 2.23. The number of urea groups is 1. The molecule has 0 saturated heterocycles. The van der Waals surface area contributed by atoms with Gasteiger partial charge in [-0.1, -0.05) is 18.2 Å². The number of aromatic nitrogens is 1. The number of anilines is 1. The molecule has 2 amide bonds. The number of pyridine rings is 1. The molecular formula is C15H20N4O. The van der Waals surface area contributed by atoms with Crippen LogP contribution in [0.3, 0.4) is 0 Å². The number of hydrogen-bond donors (Lipinski definition) is 2. The van der Waals surface area contributed by atoms with Crippen molar-refractivity contribution < 1.29 is 4.79 Å². The Labute approximate surface area is 119 Å². The summed E-state index contributed by atoms with van der Waals surface area (Å²) in [6.07, 6.45) is 0.